The minimum absolute atomic E-state index is 0.0888. The molecule has 0 aliphatic heterocycles. The number of aliphatic hydroxyl groups is 3. The molecule has 0 aromatic carbocycles. The number of esters is 2. The van der Waals surface area contributed by atoms with Crippen LogP contribution in [0.5, 0.6) is 0 Å². The van der Waals surface area contributed by atoms with E-state index in [4.69, 9.17) is 9.47 Å². The van der Waals surface area contributed by atoms with Gasteiger partial charge in [-0.2, -0.15) is 0 Å². The molecule has 8 saturated carbocycles. The summed E-state index contributed by atoms with van der Waals surface area (Å²) in [5.41, 5.74) is 0.988. The molecule has 8 heteroatoms. The zero-order valence-electron chi connectivity index (χ0n) is 37.7. The van der Waals surface area contributed by atoms with Gasteiger partial charge < -0.3 is 24.8 Å². The van der Waals surface area contributed by atoms with E-state index in [2.05, 4.69) is 41.5 Å². The Bertz CT molecular complexity index is 1500. The van der Waals surface area contributed by atoms with Gasteiger partial charge in [0.2, 0.25) is 0 Å². The minimum Gasteiger partial charge on any atom is -0.469 e. The molecular weight excluding hydrogens is 729 g/mol. The van der Waals surface area contributed by atoms with Gasteiger partial charge in [-0.15, -0.1) is 0 Å². The Morgan fingerprint density at radius 3 is 1.50 bits per heavy atom. The minimum atomic E-state index is -0.316. The van der Waals surface area contributed by atoms with Gasteiger partial charge in [0.25, 0.3) is 0 Å². The molecule has 8 fully saturated rings. The second-order valence-corrected chi connectivity index (χ2v) is 22.9. The van der Waals surface area contributed by atoms with Crippen LogP contribution in [0, 0.1) is 92.7 Å². The Morgan fingerprint density at radius 1 is 0.586 bits per heavy atom. The molecule has 19 atom stereocenters. The van der Waals surface area contributed by atoms with Crippen LogP contribution in [0.2, 0.25) is 0 Å². The number of carbonyl (C=O) groups excluding carboxylic acids is 3. The monoisotopic (exact) mass is 811 g/mol. The predicted octanol–water partition coefficient (Wildman–Crippen LogP) is 9.34. The highest BCUT2D eigenvalue weighted by Crippen LogP contribution is 2.70. The molecule has 8 nitrogen and oxygen atoms in total. The molecule has 0 bridgehead atoms. The van der Waals surface area contributed by atoms with E-state index in [0.717, 1.165) is 51.4 Å². The number of carbonyl (C=O) groups is 3. The average Bonchev–Trinajstić information content (AvgIpc) is 3.74. The fraction of sp³-hybridized carbons (Fsp3) is 0.940. The van der Waals surface area contributed by atoms with Crippen LogP contribution in [-0.2, 0) is 23.9 Å². The maximum absolute atomic E-state index is 12.1. The van der Waals surface area contributed by atoms with Crippen molar-refractivity contribution in [1.82, 2.24) is 0 Å². The average molecular weight is 811 g/mol. The van der Waals surface area contributed by atoms with E-state index in [1.807, 2.05) is 0 Å². The summed E-state index contributed by atoms with van der Waals surface area (Å²) in [6.07, 6.45) is 19.1. The lowest BCUT2D eigenvalue weighted by atomic mass is 9.44. The van der Waals surface area contributed by atoms with Crippen LogP contribution in [0.1, 0.15) is 170 Å². The van der Waals surface area contributed by atoms with Crippen molar-refractivity contribution >= 4 is 17.7 Å². The SMILES string of the molecule is COC(=O)CC[C@@H](C)C1CCC2C3C[C@H](O)[C@@H]4CC(=O)CCC4(C)C3CCC21C.COC(=O)CC[C@@H](C)C1CCC2C3C[C@H](O)[C@@H]4C[C@H](O)CCC4(C)C3CCC21C. The van der Waals surface area contributed by atoms with E-state index in [9.17, 15) is 29.7 Å². The predicted molar refractivity (Wildman–Crippen MR) is 225 cm³/mol. The second kappa shape index (κ2) is 17.0. The number of aliphatic hydroxyl groups excluding tert-OH is 3. The van der Waals surface area contributed by atoms with Gasteiger partial charge in [-0.3, -0.25) is 14.4 Å². The fourth-order valence-corrected chi connectivity index (χ4v) is 17.6. The van der Waals surface area contributed by atoms with Crippen molar-refractivity contribution in [2.45, 2.75) is 188 Å². The quantitative estimate of drug-likeness (QED) is 0.207. The first-order chi connectivity index (χ1) is 27.4. The zero-order valence-corrected chi connectivity index (χ0v) is 37.7. The number of fused-ring (bicyclic) bond motifs is 10. The maximum Gasteiger partial charge on any atom is 0.305 e. The van der Waals surface area contributed by atoms with Gasteiger partial charge in [0, 0.05) is 25.7 Å². The van der Waals surface area contributed by atoms with Gasteiger partial charge >= 0.3 is 11.9 Å². The number of hydrogen-bond acceptors (Lipinski definition) is 8. The van der Waals surface area contributed by atoms with Crippen LogP contribution in [0.25, 0.3) is 0 Å². The molecule has 0 aromatic heterocycles. The Hall–Kier alpha value is -1.51. The van der Waals surface area contributed by atoms with Gasteiger partial charge in [-0.05, 0) is 195 Å². The summed E-state index contributed by atoms with van der Waals surface area (Å²) in [5, 5.41) is 32.4. The van der Waals surface area contributed by atoms with Crippen LogP contribution in [0.4, 0.5) is 0 Å². The number of ketones is 1. The third-order valence-electron chi connectivity index (χ3n) is 20.7. The van der Waals surface area contributed by atoms with Crippen molar-refractivity contribution in [1.29, 1.82) is 0 Å². The molecule has 0 aromatic rings. The van der Waals surface area contributed by atoms with Crippen molar-refractivity contribution in [3.05, 3.63) is 0 Å². The number of rotatable bonds is 8. The van der Waals surface area contributed by atoms with Gasteiger partial charge in [-0.25, -0.2) is 0 Å². The summed E-state index contributed by atoms with van der Waals surface area (Å²) in [4.78, 5) is 35.4. The smallest absolute Gasteiger partial charge is 0.305 e. The Labute approximate surface area is 351 Å². The standard InChI is InChI=1S/C25H42O4.C25H40O4/c2*1-15(5-8-23(28)29-4)18-6-7-19-17-14-22(27)21-13-16(26)9-11-25(21,3)20(17)10-12-24(18,19)2/h15-22,26-27H,5-14H2,1-4H3;15,17-22,27H,5-14H2,1-4H3/t15-,16-,17?,18?,19?,20?,21+,22+,24?,25?;15-,17?,18?,19?,20?,21+,22+,24?,25?/m11/s1. The normalized spacial score (nSPS) is 48.9. The van der Waals surface area contributed by atoms with Gasteiger partial charge in [0.15, 0.2) is 0 Å². The number of ether oxygens (including phenoxy) is 2. The number of Topliss-reactive ketones (excluding diaryl/α,β-unsaturated/α-hetero) is 1. The molecule has 0 spiro atoms. The largest absolute Gasteiger partial charge is 0.469 e. The first-order valence-corrected chi connectivity index (χ1v) is 24.1. The van der Waals surface area contributed by atoms with E-state index in [1.54, 1.807) is 0 Å². The van der Waals surface area contributed by atoms with Crippen molar-refractivity contribution in [3.8, 4) is 0 Å². The Balaban J connectivity index is 0.000000177. The maximum atomic E-state index is 12.1. The Morgan fingerprint density at radius 2 is 1.02 bits per heavy atom. The lowest BCUT2D eigenvalue weighted by Gasteiger charge is -2.62. The third-order valence-corrected chi connectivity index (χ3v) is 20.7. The van der Waals surface area contributed by atoms with Crippen molar-refractivity contribution in [2.75, 3.05) is 14.2 Å². The molecule has 0 heterocycles. The summed E-state index contributed by atoms with van der Waals surface area (Å²) < 4.78 is 9.72. The molecule has 8 rings (SSSR count). The highest BCUT2D eigenvalue weighted by atomic mass is 16.5. The highest BCUT2D eigenvalue weighted by molar-refractivity contribution is 5.79. The summed E-state index contributed by atoms with van der Waals surface area (Å²) in [6, 6.07) is 0. The Kier molecular flexibility index (Phi) is 13.0. The summed E-state index contributed by atoms with van der Waals surface area (Å²) in [6.45, 7) is 14.5. The van der Waals surface area contributed by atoms with Crippen LogP contribution in [0.3, 0.4) is 0 Å². The highest BCUT2D eigenvalue weighted by Gasteiger charge is 2.64. The van der Waals surface area contributed by atoms with E-state index < -0.39 is 0 Å². The number of hydrogen-bond donors (Lipinski definition) is 3. The summed E-state index contributed by atoms with van der Waals surface area (Å²) in [7, 11) is 2.95. The molecular formula is C50H82O8. The topological polar surface area (TPSA) is 130 Å². The van der Waals surface area contributed by atoms with Crippen molar-refractivity contribution in [2.24, 2.45) is 92.7 Å². The van der Waals surface area contributed by atoms with Crippen LogP contribution in [-0.4, -0.2) is 65.6 Å². The molecule has 8 aliphatic rings. The lowest BCUT2D eigenvalue weighted by molar-refractivity contribution is -0.172. The molecule has 0 amide bonds. The lowest BCUT2D eigenvalue weighted by Crippen LogP contribution is -2.58. The van der Waals surface area contributed by atoms with E-state index >= 15 is 0 Å². The summed E-state index contributed by atoms with van der Waals surface area (Å²) >= 11 is 0. The number of methoxy groups -OCH3 is 2. The fourth-order valence-electron chi connectivity index (χ4n) is 17.6. The second-order valence-electron chi connectivity index (χ2n) is 22.9. The zero-order chi connectivity index (χ0) is 41.9. The van der Waals surface area contributed by atoms with Gasteiger partial charge in [0.1, 0.15) is 5.78 Å². The molecule has 8 aliphatic carbocycles. The van der Waals surface area contributed by atoms with Crippen molar-refractivity contribution in [3.63, 3.8) is 0 Å². The molecule has 0 saturated heterocycles. The van der Waals surface area contributed by atoms with Crippen molar-refractivity contribution < 1.29 is 39.2 Å². The third kappa shape index (κ3) is 7.68. The van der Waals surface area contributed by atoms with Crippen LogP contribution < -0.4 is 0 Å². The molecule has 330 valence electrons. The molecule has 0 radical (unpaired) electrons. The van der Waals surface area contributed by atoms with E-state index in [-0.39, 0.29) is 52.9 Å². The molecule has 3 N–H and O–H groups in total. The van der Waals surface area contributed by atoms with E-state index in [1.165, 1.54) is 65.6 Å². The summed E-state index contributed by atoms with van der Waals surface area (Å²) in [5.74, 6) is 6.98. The van der Waals surface area contributed by atoms with Crippen LogP contribution >= 0.6 is 0 Å². The first kappa shape index (κ1) is 44.5. The molecule has 58 heavy (non-hydrogen) atoms. The first-order valence-electron chi connectivity index (χ1n) is 24.1. The van der Waals surface area contributed by atoms with Gasteiger partial charge in [-0.1, -0.05) is 41.5 Å². The van der Waals surface area contributed by atoms with Gasteiger partial charge in [0.05, 0.1) is 32.5 Å². The van der Waals surface area contributed by atoms with E-state index in [0.29, 0.717) is 101 Å². The molecule has 12 unspecified atom stereocenters. The van der Waals surface area contributed by atoms with Crippen LogP contribution in [0.15, 0.2) is 0 Å².